The van der Waals surface area contributed by atoms with Crippen LogP contribution in [-0.2, 0) is 11.2 Å². The number of hydrogen-bond acceptors (Lipinski definition) is 3. The molecule has 0 radical (unpaired) electrons. The van der Waals surface area contributed by atoms with Crippen molar-refractivity contribution >= 4 is 17.5 Å². The maximum absolute atomic E-state index is 12.7. The molecule has 1 aliphatic rings. The third-order valence-electron chi connectivity index (χ3n) is 4.58. The fourth-order valence-corrected chi connectivity index (χ4v) is 3.14. The van der Waals surface area contributed by atoms with Gasteiger partial charge in [0, 0.05) is 12.2 Å². The lowest BCUT2D eigenvalue weighted by atomic mass is 10.1. The fraction of sp³-hybridized carbons (Fsp3) is 0.300. The first kappa shape index (κ1) is 17.0. The number of hydrogen-bond donors (Lipinski definition) is 2. The van der Waals surface area contributed by atoms with Gasteiger partial charge in [-0.25, -0.2) is 0 Å². The van der Waals surface area contributed by atoms with Crippen molar-refractivity contribution in [3.05, 3.63) is 59.7 Å². The number of rotatable bonds is 4. The maximum atomic E-state index is 12.7. The molecule has 1 saturated heterocycles. The number of aromatic hydroxyl groups is 1. The largest absolute Gasteiger partial charge is 0.507 e. The van der Waals surface area contributed by atoms with E-state index in [1.54, 1.807) is 23.1 Å². The molecule has 0 spiro atoms. The minimum atomic E-state index is -0.516. The van der Waals surface area contributed by atoms with Crippen LogP contribution in [0.1, 0.15) is 35.7 Å². The van der Waals surface area contributed by atoms with Gasteiger partial charge in [-0.1, -0.05) is 31.2 Å². The third-order valence-corrected chi connectivity index (χ3v) is 4.58. The third kappa shape index (κ3) is 3.65. The van der Waals surface area contributed by atoms with Crippen LogP contribution in [0.4, 0.5) is 5.69 Å². The van der Waals surface area contributed by atoms with E-state index in [2.05, 4.69) is 12.2 Å². The number of nitrogens with one attached hydrogen (secondary N) is 1. The average Bonchev–Trinajstić information content (AvgIpc) is 3.12. The molecule has 1 heterocycles. The summed E-state index contributed by atoms with van der Waals surface area (Å²) in [6, 6.07) is 13.6. The Kier molecular flexibility index (Phi) is 5.03. The second-order valence-corrected chi connectivity index (χ2v) is 6.21. The average molecular weight is 338 g/mol. The number of carbonyl (C=O) groups excluding carboxylic acids is 2. The summed E-state index contributed by atoms with van der Waals surface area (Å²) in [7, 11) is 0. The lowest BCUT2D eigenvalue weighted by Crippen LogP contribution is -2.43. The van der Waals surface area contributed by atoms with Gasteiger partial charge in [-0.15, -0.1) is 0 Å². The summed E-state index contributed by atoms with van der Waals surface area (Å²) < 4.78 is 0. The van der Waals surface area contributed by atoms with E-state index in [0.29, 0.717) is 13.0 Å². The Hall–Kier alpha value is -2.82. The molecule has 5 nitrogen and oxygen atoms in total. The van der Waals surface area contributed by atoms with Gasteiger partial charge in [0.2, 0.25) is 5.91 Å². The molecule has 0 aromatic heterocycles. The zero-order valence-electron chi connectivity index (χ0n) is 14.2. The summed E-state index contributed by atoms with van der Waals surface area (Å²) in [6.45, 7) is 2.59. The SMILES string of the molecule is CCc1ccc(NC(=O)C2CCCN2C(=O)c2ccccc2O)cc1. The summed E-state index contributed by atoms with van der Waals surface area (Å²) in [6.07, 6.45) is 2.34. The summed E-state index contributed by atoms with van der Waals surface area (Å²) in [5.74, 6) is -0.559. The van der Waals surface area contributed by atoms with Crippen LogP contribution < -0.4 is 5.32 Å². The monoisotopic (exact) mass is 338 g/mol. The highest BCUT2D eigenvalue weighted by molar-refractivity contribution is 6.02. The fourth-order valence-electron chi connectivity index (χ4n) is 3.14. The van der Waals surface area contributed by atoms with Gasteiger partial charge < -0.3 is 15.3 Å². The summed E-state index contributed by atoms with van der Waals surface area (Å²) in [5, 5.41) is 12.8. The van der Waals surface area contributed by atoms with E-state index in [4.69, 9.17) is 0 Å². The molecule has 3 rings (SSSR count). The molecule has 1 aliphatic heterocycles. The maximum Gasteiger partial charge on any atom is 0.258 e. The molecule has 2 amide bonds. The number of carbonyl (C=O) groups is 2. The van der Waals surface area contributed by atoms with Crippen LogP contribution in [0.2, 0.25) is 0 Å². The molecular formula is C20H22N2O3. The molecule has 2 N–H and O–H groups in total. The Labute approximate surface area is 147 Å². The van der Waals surface area contributed by atoms with Crippen molar-refractivity contribution in [1.82, 2.24) is 4.90 Å². The van der Waals surface area contributed by atoms with Gasteiger partial charge in [0.1, 0.15) is 11.8 Å². The number of likely N-dealkylation sites (tertiary alicyclic amines) is 1. The predicted molar refractivity (Wildman–Crippen MR) is 96.6 cm³/mol. The van der Waals surface area contributed by atoms with Gasteiger partial charge in [0.25, 0.3) is 5.91 Å². The predicted octanol–water partition coefficient (Wildman–Crippen LogP) is 3.20. The highest BCUT2D eigenvalue weighted by Crippen LogP contribution is 2.25. The lowest BCUT2D eigenvalue weighted by Gasteiger charge is -2.24. The van der Waals surface area contributed by atoms with Crippen LogP contribution in [0.15, 0.2) is 48.5 Å². The molecule has 2 aromatic rings. The second kappa shape index (κ2) is 7.38. The molecule has 130 valence electrons. The Morgan fingerprint density at radius 1 is 1.16 bits per heavy atom. The molecule has 5 heteroatoms. The highest BCUT2D eigenvalue weighted by Gasteiger charge is 2.35. The lowest BCUT2D eigenvalue weighted by molar-refractivity contribution is -0.119. The summed E-state index contributed by atoms with van der Waals surface area (Å²) in [5.41, 5.74) is 2.16. The molecule has 0 saturated carbocycles. The van der Waals surface area contributed by atoms with Crippen molar-refractivity contribution < 1.29 is 14.7 Å². The normalized spacial score (nSPS) is 16.7. The van der Waals surface area contributed by atoms with Gasteiger partial charge >= 0.3 is 0 Å². The standard InChI is InChI=1S/C20H22N2O3/c1-2-14-9-11-15(12-10-14)21-19(24)17-7-5-13-22(17)20(25)16-6-3-4-8-18(16)23/h3-4,6,8-12,17,23H,2,5,7,13H2,1H3,(H,21,24). The van der Waals surface area contributed by atoms with Gasteiger partial charge in [0.05, 0.1) is 5.56 Å². The van der Waals surface area contributed by atoms with Crippen LogP contribution >= 0.6 is 0 Å². The van der Waals surface area contributed by atoms with Crippen LogP contribution in [0.5, 0.6) is 5.75 Å². The number of amides is 2. The number of para-hydroxylation sites is 1. The van der Waals surface area contributed by atoms with Gasteiger partial charge in [-0.3, -0.25) is 9.59 Å². The number of anilines is 1. The number of phenols is 1. The number of benzene rings is 2. The summed E-state index contributed by atoms with van der Waals surface area (Å²) in [4.78, 5) is 26.9. The Balaban J connectivity index is 1.73. The van der Waals surface area contributed by atoms with Crippen LogP contribution in [0, 0.1) is 0 Å². The van der Waals surface area contributed by atoms with E-state index < -0.39 is 6.04 Å². The molecule has 1 atom stereocenters. The number of aryl methyl sites for hydroxylation is 1. The van der Waals surface area contributed by atoms with E-state index in [-0.39, 0.29) is 23.1 Å². The van der Waals surface area contributed by atoms with Crippen molar-refractivity contribution in [2.75, 3.05) is 11.9 Å². The smallest absolute Gasteiger partial charge is 0.258 e. The first-order valence-electron chi connectivity index (χ1n) is 8.59. The topological polar surface area (TPSA) is 69.6 Å². The summed E-state index contributed by atoms with van der Waals surface area (Å²) >= 11 is 0. The van der Waals surface area contributed by atoms with Crippen molar-refractivity contribution in [3.63, 3.8) is 0 Å². The van der Waals surface area contributed by atoms with Crippen molar-refractivity contribution in [1.29, 1.82) is 0 Å². The molecule has 0 bridgehead atoms. The van der Waals surface area contributed by atoms with Crippen molar-refractivity contribution in [2.45, 2.75) is 32.2 Å². The van der Waals surface area contributed by atoms with Crippen LogP contribution in [-0.4, -0.2) is 34.4 Å². The van der Waals surface area contributed by atoms with Crippen LogP contribution in [0.3, 0.4) is 0 Å². The van der Waals surface area contributed by atoms with E-state index in [1.165, 1.54) is 11.6 Å². The number of nitrogens with zero attached hydrogens (tertiary/aromatic N) is 1. The Morgan fingerprint density at radius 3 is 2.56 bits per heavy atom. The van der Waals surface area contributed by atoms with Crippen molar-refractivity contribution in [3.8, 4) is 5.75 Å². The first-order valence-corrected chi connectivity index (χ1v) is 8.59. The second-order valence-electron chi connectivity index (χ2n) is 6.21. The first-order chi connectivity index (χ1) is 12.1. The molecule has 1 fully saturated rings. The van der Waals surface area contributed by atoms with Gasteiger partial charge in [0.15, 0.2) is 0 Å². The van der Waals surface area contributed by atoms with Gasteiger partial charge in [-0.2, -0.15) is 0 Å². The molecule has 0 aliphatic carbocycles. The van der Waals surface area contributed by atoms with E-state index >= 15 is 0 Å². The minimum absolute atomic E-state index is 0.0614. The minimum Gasteiger partial charge on any atom is -0.507 e. The van der Waals surface area contributed by atoms with E-state index in [1.807, 2.05) is 24.3 Å². The Morgan fingerprint density at radius 2 is 1.88 bits per heavy atom. The van der Waals surface area contributed by atoms with Gasteiger partial charge in [-0.05, 0) is 49.1 Å². The molecule has 25 heavy (non-hydrogen) atoms. The van der Waals surface area contributed by atoms with E-state index in [0.717, 1.165) is 18.5 Å². The molecule has 1 unspecified atom stereocenters. The Bertz CT molecular complexity index is 771. The molecule has 2 aromatic carbocycles. The van der Waals surface area contributed by atoms with E-state index in [9.17, 15) is 14.7 Å². The zero-order chi connectivity index (χ0) is 17.8. The van der Waals surface area contributed by atoms with Crippen molar-refractivity contribution in [2.24, 2.45) is 0 Å². The quantitative estimate of drug-likeness (QED) is 0.899. The highest BCUT2D eigenvalue weighted by atomic mass is 16.3. The number of phenolic OH excluding ortho intramolecular Hbond substituents is 1. The molecular weight excluding hydrogens is 316 g/mol. The van der Waals surface area contributed by atoms with Crippen LogP contribution in [0.25, 0.3) is 0 Å². The zero-order valence-corrected chi connectivity index (χ0v) is 14.2.